The number of nitrogens with zero attached hydrogens (tertiary/aromatic N) is 9. The molecule has 0 saturated heterocycles. The molecule has 0 N–H and O–H groups in total. The Morgan fingerprint density at radius 3 is 1.91 bits per heavy atom. The maximum Gasteiger partial charge on any atom is 0.241 e. The van der Waals surface area contributed by atoms with Crippen molar-refractivity contribution in [1.29, 1.82) is 0 Å². The third-order valence-corrected chi connectivity index (χ3v) is 13.4. The van der Waals surface area contributed by atoms with Gasteiger partial charge in [0.15, 0.2) is 11.6 Å². The van der Waals surface area contributed by atoms with Gasteiger partial charge in [0, 0.05) is 55.8 Å². The molecule has 0 spiro atoms. The zero-order valence-corrected chi connectivity index (χ0v) is 36.4. The molecule has 0 radical (unpaired) electrons. The summed E-state index contributed by atoms with van der Waals surface area (Å²) in [6.45, 7) is 0. The minimum atomic E-state index is 0.440. The minimum Gasteiger partial charge on any atom is -0.439 e. The third-order valence-electron chi connectivity index (χ3n) is 13.4. The molecular formula is C58H33N9O2. The van der Waals surface area contributed by atoms with E-state index in [9.17, 15) is 0 Å². The van der Waals surface area contributed by atoms with E-state index < -0.39 is 0 Å². The molecular weight excluding hydrogens is 855 g/mol. The van der Waals surface area contributed by atoms with Gasteiger partial charge in [-0.1, -0.05) is 109 Å². The van der Waals surface area contributed by atoms with Gasteiger partial charge >= 0.3 is 0 Å². The highest BCUT2D eigenvalue weighted by molar-refractivity contribution is 6.21. The van der Waals surface area contributed by atoms with Gasteiger partial charge in [0.25, 0.3) is 0 Å². The van der Waals surface area contributed by atoms with Crippen molar-refractivity contribution in [2.24, 2.45) is 0 Å². The number of rotatable bonds is 6. The lowest BCUT2D eigenvalue weighted by Crippen LogP contribution is -2.06. The zero-order valence-electron chi connectivity index (χ0n) is 36.4. The van der Waals surface area contributed by atoms with Crippen molar-refractivity contribution in [2.75, 3.05) is 0 Å². The Kier molecular flexibility index (Phi) is 7.81. The zero-order chi connectivity index (χ0) is 45.2. The van der Waals surface area contributed by atoms with Crippen LogP contribution in [0.3, 0.4) is 0 Å². The number of furan rings is 2. The molecule has 8 aromatic heterocycles. The lowest BCUT2D eigenvalue weighted by molar-refractivity contribution is 0.641. The molecule has 15 rings (SSSR count). The predicted molar refractivity (Wildman–Crippen MR) is 272 cm³/mol. The first-order valence-electron chi connectivity index (χ1n) is 22.7. The fraction of sp³-hybridized carbons (Fsp3) is 0. The van der Waals surface area contributed by atoms with Gasteiger partial charge in [-0.3, -0.25) is 9.55 Å². The van der Waals surface area contributed by atoms with Gasteiger partial charge in [0.2, 0.25) is 17.4 Å². The summed E-state index contributed by atoms with van der Waals surface area (Å²) in [4.78, 5) is 29.3. The summed E-state index contributed by atoms with van der Waals surface area (Å²) in [5.41, 5.74) is 14.3. The Bertz CT molecular complexity index is 4540. The molecule has 0 unspecified atom stereocenters. The van der Waals surface area contributed by atoms with Crippen LogP contribution < -0.4 is 0 Å². The van der Waals surface area contributed by atoms with Crippen LogP contribution in [0.1, 0.15) is 0 Å². The van der Waals surface area contributed by atoms with E-state index in [2.05, 4.69) is 117 Å². The van der Waals surface area contributed by atoms with Crippen molar-refractivity contribution in [3.63, 3.8) is 0 Å². The van der Waals surface area contributed by atoms with Crippen LogP contribution in [0.4, 0.5) is 0 Å². The number of aromatic nitrogens is 9. The second kappa shape index (κ2) is 14.4. The molecule has 69 heavy (non-hydrogen) atoms. The van der Waals surface area contributed by atoms with Crippen molar-refractivity contribution in [1.82, 2.24) is 43.6 Å². The lowest BCUT2D eigenvalue weighted by Gasteiger charge is -2.11. The number of hydrogen-bond acceptors (Lipinski definition) is 8. The van der Waals surface area contributed by atoms with Crippen molar-refractivity contribution in [3.8, 4) is 51.2 Å². The van der Waals surface area contributed by atoms with Crippen LogP contribution in [0.25, 0.3) is 139 Å². The average molecular weight is 888 g/mol. The van der Waals surface area contributed by atoms with E-state index in [4.69, 9.17) is 33.8 Å². The highest BCUT2D eigenvalue weighted by atomic mass is 16.3. The Morgan fingerprint density at radius 1 is 0.406 bits per heavy atom. The minimum absolute atomic E-state index is 0.440. The summed E-state index contributed by atoms with van der Waals surface area (Å²) in [7, 11) is 0. The monoisotopic (exact) mass is 887 g/mol. The highest BCUT2D eigenvalue weighted by Gasteiger charge is 2.25. The maximum atomic E-state index is 6.91. The Morgan fingerprint density at radius 2 is 1.06 bits per heavy atom. The Hall–Kier alpha value is -9.74. The van der Waals surface area contributed by atoms with Gasteiger partial charge in [0.05, 0.1) is 39.0 Å². The smallest absolute Gasteiger partial charge is 0.241 e. The number of hydrogen-bond donors (Lipinski definition) is 0. The van der Waals surface area contributed by atoms with E-state index in [0.29, 0.717) is 23.3 Å². The van der Waals surface area contributed by atoms with Crippen LogP contribution in [-0.2, 0) is 0 Å². The molecule has 0 aliphatic rings. The Balaban J connectivity index is 0.865. The maximum absolute atomic E-state index is 6.91. The summed E-state index contributed by atoms with van der Waals surface area (Å²) >= 11 is 0. The SMILES string of the molecule is c1ccc(-c2nc(-c3ccc(-n4c5ccccc5c5cc(-c6cccc7c6oc6c7c7ncncc7n6-c6ccccc6)ccc54)cc3)nc(-n3c4cccnc4c4c5ccccc5oc43)n2)cc1. The van der Waals surface area contributed by atoms with Crippen LogP contribution in [0.5, 0.6) is 0 Å². The molecule has 11 heteroatoms. The van der Waals surface area contributed by atoms with Gasteiger partial charge in [-0.15, -0.1) is 0 Å². The van der Waals surface area contributed by atoms with E-state index in [1.807, 2.05) is 89.6 Å². The number of benzene rings is 7. The van der Waals surface area contributed by atoms with Gasteiger partial charge in [-0.25, -0.2) is 19.5 Å². The quantitative estimate of drug-likeness (QED) is 0.162. The number of para-hydroxylation sites is 4. The van der Waals surface area contributed by atoms with Gasteiger partial charge in [0.1, 0.15) is 28.5 Å². The average Bonchev–Trinajstić information content (AvgIpc) is 4.22. The molecule has 0 aliphatic carbocycles. The summed E-state index contributed by atoms with van der Waals surface area (Å²) in [5, 5.41) is 6.16. The topological polar surface area (TPSA) is 118 Å². The van der Waals surface area contributed by atoms with Crippen molar-refractivity contribution >= 4 is 88.0 Å². The molecule has 322 valence electrons. The number of pyridine rings is 1. The molecule has 11 nitrogen and oxygen atoms in total. The van der Waals surface area contributed by atoms with Crippen LogP contribution in [0, 0.1) is 0 Å². The van der Waals surface area contributed by atoms with Crippen molar-refractivity contribution < 1.29 is 8.83 Å². The van der Waals surface area contributed by atoms with Gasteiger partial charge in [-0.05, 0) is 78.4 Å². The second-order valence-corrected chi connectivity index (χ2v) is 17.2. The van der Waals surface area contributed by atoms with Gasteiger partial charge in [-0.2, -0.15) is 9.97 Å². The fourth-order valence-electron chi connectivity index (χ4n) is 10.3. The first-order valence-corrected chi connectivity index (χ1v) is 22.7. The van der Waals surface area contributed by atoms with Crippen molar-refractivity contribution in [2.45, 2.75) is 0 Å². The Labute approximate surface area is 390 Å². The fourth-order valence-corrected chi connectivity index (χ4v) is 10.3. The molecule has 0 saturated carbocycles. The number of fused-ring (bicyclic) bond motifs is 13. The van der Waals surface area contributed by atoms with Crippen LogP contribution in [0.2, 0.25) is 0 Å². The normalized spacial score (nSPS) is 12.1. The van der Waals surface area contributed by atoms with Crippen molar-refractivity contribution in [3.05, 3.63) is 201 Å². The van der Waals surface area contributed by atoms with E-state index in [1.54, 1.807) is 12.5 Å². The van der Waals surface area contributed by atoms with E-state index in [1.165, 1.54) is 0 Å². The molecule has 0 amide bonds. The molecule has 0 fully saturated rings. The molecule has 8 heterocycles. The molecule has 0 bridgehead atoms. The predicted octanol–water partition coefficient (Wildman–Crippen LogP) is 13.8. The van der Waals surface area contributed by atoms with E-state index in [-0.39, 0.29) is 0 Å². The lowest BCUT2D eigenvalue weighted by atomic mass is 10.0. The van der Waals surface area contributed by atoms with Crippen LogP contribution in [-0.4, -0.2) is 43.6 Å². The first-order chi connectivity index (χ1) is 34.2. The summed E-state index contributed by atoms with van der Waals surface area (Å²) in [6, 6.07) is 62.3. The molecule has 15 aromatic rings. The summed E-state index contributed by atoms with van der Waals surface area (Å²) < 4.78 is 19.8. The van der Waals surface area contributed by atoms with E-state index >= 15 is 0 Å². The third kappa shape index (κ3) is 5.49. The largest absolute Gasteiger partial charge is 0.439 e. The first kappa shape index (κ1) is 37.5. The molecule has 0 atom stereocenters. The van der Waals surface area contributed by atoms with Crippen LogP contribution >= 0.6 is 0 Å². The highest BCUT2D eigenvalue weighted by Crippen LogP contribution is 2.43. The van der Waals surface area contributed by atoms with Crippen LogP contribution in [0.15, 0.2) is 210 Å². The molecule has 7 aromatic carbocycles. The molecule has 0 aliphatic heterocycles. The standard InChI is InChI=1S/C58H33N9O2/c1-3-13-34(14-4-1)54-62-55(64-58(63-54)67-46-22-12-30-60-51(46)49-41-18-8-10-23-48(41)68-57(49)67)35-24-27-38(28-25-35)65-44-21-9-7-17-40(44)43-31-36(26-29-45(43)65)39-19-11-20-42-50-52-47(32-59-33-61-52)66(56(50)69-53(39)42)37-15-5-2-6-16-37/h1-33H. The van der Waals surface area contributed by atoms with E-state index in [0.717, 1.165) is 116 Å². The summed E-state index contributed by atoms with van der Waals surface area (Å²) in [5.74, 6) is 1.53. The second-order valence-electron chi connectivity index (χ2n) is 17.2. The summed E-state index contributed by atoms with van der Waals surface area (Å²) in [6.07, 6.45) is 5.26. The van der Waals surface area contributed by atoms with Gasteiger partial charge < -0.3 is 13.4 Å².